The minimum absolute atomic E-state index is 0.513. The molecule has 0 saturated carbocycles. The number of benzene rings is 14. The number of fused-ring (bicyclic) bond motifs is 19. The summed E-state index contributed by atoms with van der Waals surface area (Å²) in [4.78, 5) is 32.1. The summed E-state index contributed by atoms with van der Waals surface area (Å²) in [5.41, 5.74) is 21.6. The van der Waals surface area contributed by atoms with Crippen molar-refractivity contribution in [3.8, 4) is 136 Å². The molecule has 2 spiro atoms. The minimum atomic E-state index is -0.772. The second-order valence-corrected chi connectivity index (χ2v) is 25.5. The molecule has 0 N–H and O–H groups in total. The van der Waals surface area contributed by atoms with Crippen LogP contribution < -0.4 is 9.47 Å². The van der Waals surface area contributed by atoms with E-state index >= 15 is 0 Å². The van der Waals surface area contributed by atoms with E-state index in [9.17, 15) is 0 Å². The predicted molar refractivity (Wildman–Crippen MR) is 389 cm³/mol. The van der Waals surface area contributed by atoms with Crippen LogP contribution in [0.15, 0.2) is 328 Å². The van der Waals surface area contributed by atoms with Crippen molar-refractivity contribution in [3.05, 3.63) is 372 Å². The van der Waals surface area contributed by atoms with Crippen molar-refractivity contribution in [2.45, 2.75) is 10.8 Å². The molecule has 2 aliphatic heterocycles. The molecule has 1 unspecified atom stereocenters. The standard InChI is InChI=1S/C90H54N6O2/c1-3-26-56(27-4-1)83-91-85(95-87(93-83)68-40-23-47-77-81(68)97-79-49-19-17-45-75(79)89(77)71-42-14-11-35-63(71)64-36-12-15-43-72(64)89)66-38-10-9-34-62(66)60-32-21-31-58(53-60)59-51-52-74-70(54-59)65-37-13-16-44-73(65)90(74)76-46-18-20-50-80(76)98-82-69(41-24-48-78(82)90)88-94-84(57-28-5-2-6-29-57)92-86(96-88)67-39-22-30-55-25-7-8-33-61(55)67/h1-54H. The summed E-state index contributed by atoms with van der Waals surface area (Å²) in [6, 6.07) is 116. The lowest BCUT2D eigenvalue weighted by atomic mass is 9.65. The maximum absolute atomic E-state index is 7.24. The first kappa shape index (κ1) is 55.4. The third kappa shape index (κ3) is 8.18. The SMILES string of the molecule is c1ccc(-c2nc(-c3ccccc3-c3cccc(-c4ccc5c(c4)-c4ccccc4C54c5ccccc5Oc5c(-c6nc(-c7ccccc7)nc(-c7cccc8ccccc78)n6)cccc54)c3)nc(-c3cccc4c3Oc3ccccc3C43c4ccccc4-c4ccccc43)n2)cc1. The molecule has 14 aromatic carbocycles. The number of para-hydroxylation sites is 4. The van der Waals surface area contributed by atoms with Crippen LogP contribution >= 0.6 is 0 Å². The Morgan fingerprint density at radius 1 is 0.194 bits per heavy atom. The molecule has 2 aromatic heterocycles. The van der Waals surface area contributed by atoms with Crippen LogP contribution in [0, 0.1) is 0 Å². The van der Waals surface area contributed by atoms with Crippen LogP contribution in [0.2, 0.25) is 0 Å². The van der Waals surface area contributed by atoms with E-state index in [-0.39, 0.29) is 0 Å². The minimum Gasteiger partial charge on any atom is -0.456 e. The average molecular weight is 1250 g/mol. The smallest absolute Gasteiger partial charge is 0.167 e. The lowest BCUT2D eigenvalue weighted by Crippen LogP contribution is -2.32. The molecule has 1 atom stereocenters. The molecule has 4 aliphatic rings. The maximum atomic E-state index is 7.24. The van der Waals surface area contributed by atoms with Crippen LogP contribution in [0.5, 0.6) is 23.0 Å². The van der Waals surface area contributed by atoms with Gasteiger partial charge >= 0.3 is 0 Å². The van der Waals surface area contributed by atoms with Crippen molar-refractivity contribution in [1.29, 1.82) is 0 Å². The second kappa shape index (κ2) is 21.8. The summed E-state index contributed by atoms with van der Waals surface area (Å²) in [6.45, 7) is 0. The molecule has 16 aromatic rings. The van der Waals surface area contributed by atoms with Crippen LogP contribution in [0.4, 0.5) is 0 Å². The van der Waals surface area contributed by atoms with Gasteiger partial charge in [0.15, 0.2) is 34.9 Å². The molecule has 0 amide bonds. The second-order valence-electron chi connectivity index (χ2n) is 25.5. The Morgan fingerprint density at radius 2 is 0.541 bits per heavy atom. The highest BCUT2D eigenvalue weighted by atomic mass is 16.5. The molecule has 0 radical (unpaired) electrons. The molecule has 98 heavy (non-hydrogen) atoms. The van der Waals surface area contributed by atoms with Gasteiger partial charge in [-0.1, -0.05) is 291 Å². The van der Waals surface area contributed by atoms with Gasteiger partial charge < -0.3 is 9.47 Å². The van der Waals surface area contributed by atoms with Crippen molar-refractivity contribution in [3.63, 3.8) is 0 Å². The Bertz CT molecular complexity index is 5940. The van der Waals surface area contributed by atoms with E-state index in [1.807, 2.05) is 48.5 Å². The first-order valence-electron chi connectivity index (χ1n) is 33.2. The highest BCUT2D eigenvalue weighted by Crippen LogP contribution is 2.65. The van der Waals surface area contributed by atoms with Gasteiger partial charge in [0, 0.05) is 44.5 Å². The fourth-order valence-electron chi connectivity index (χ4n) is 16.2. The van der Waals surface area contributed by atoms with Gasteiger partial charge in [0.2, 0.25) is 0 Å². The number of ether oxygens (including phenoxy) is 2. The summed E-state index contributed by atoms with van der Waals surface area (Å²) in [7, 11) is 0. The summed E-state index contributed by atoms with van der Waals surface area (Å²) in [5.74, 6) is 6.30. The first-order valence-corrected chi connectivity index (χ1v) is 33.2. The molecule has 8 heteroatoms. The molecule has 0 bridgehead atoms. The Hall–Kier alpha value is -13.0. The molecular weight excluding hydrogens is 1200 g/mol. The zero-order chi connectivity index (χ0) is 64.5. The lowest BCUT2D eigenvalue weighted by molar-refractivity contribution is 0.437. The van der Waals surface area contributed by atoms with Gasteiger partial charge in [-0.2, -0.15) is 0 Å². The first-order chi connectivity index (χ1) is 48.6. The van der Waals surface area contributed by atoms with Crippen molar-refractivity contribution in [2.24, 2.45) is 0 Å². The van der Waals surface area contributed by atoms with Crippen molar-refractivity contribution in [2.75, 3.05) is 0 Å². The summed E-state index contributed by atoms with van der Waals surface area (Å²) >= 11 is 0. The van der Waals surface area contributed by atoms with Gasteiger partial charge in [-0.25, -0.2) is 29.9 Å². The summed E-state index contributed by atoms with van der Waals surface area (Å²) < 4.78 is 14.4. The van der Waals surface area contributed by atoms with Gasteiger partial charge in [0.25, 0.3) is 0 Å². The van der Waals surface area contributed by atoms with Crippen LogP contribution in [0.25, 0.3) is 124 Å². The summed E-state index contributed by atoms with van der Waals surface area (Å²) in [6.07, 6.45) is 0. The van der Waals surface area contributed by atoms with E-state index in [4.69, 9.17) is 39.4 Å². The molecule has 456 valence electrons. The molecule has 20 rings (SSSR count). The molecule has 4 heterocycles. The van der Waals surface area contributed by atoms with E-state index < -0.39 is 10.8 Å². The monoisotopic (exact) mass is 1250 g/mol. The third-order valence-electron chi connectivity index (χ3n) is 20.4. The molecular formula is C90H54N6O2. The molecule has 8 nitrogen and oxygen atoms in total. The van der Waals surface area contributed by atoms with E-state index in [0.717, 1.165) is 123 Å². The molecule has 0 fully saturated rings. The lowest BCUT2D eigenvalue weighted by Gasteiger charge is -2.40. The van der Waals surface area contributed by atoms with Crippen LogP contribution in [-0.2, 0) is 10.8 Å². The van der Waals surface area contributed by atoms with E-state index in [1.54, 1.807) is 0 Å². The normalized spacial score (nSPS) is 14.4. The Balaban J connectivity index is 0.718. The van der Waals surface area contributed by atoms with Gasteiger partial charge in [-0.15, -0.1) is 0 Å². The largest absolute Gasteiger partial charge is 0.456 e. The fraction of sp³-hybridized carbons (Fsp3) is 0.0222. The quantitative estimate of drug-likeness (QED) is 0.148. The number of rotatable bonds is 8. The number of hydrogen-bond donors (Lipinski definition) is 0. The van der Waals surface area contributed by atoms with Crippen LogP contribution in [0.3, 0.4) is 0 Å². The van der Waals surface area contributed by atoms with Gasteiger partial charge in [0.1, 0.15) is 23.0 Å². The summed E-state index contributed by atoms with van der Waals surface area (Å²) in [5, 5.41) is 2.17. The van der Waals surface area contributed by atoms with Gasteiger partial charge in [0.05, 0.1) is 22.0 Å². The zero-order valence-corrected chi connectivity index (χ0v) is 52.7. The van der Waals surface area contributed by atoms with Crippen molar-refractivity contribution < 1.29 is 9.47 Å². The fourth-order valence-corrected chi connectivity index (χ4v) is 16.2. The van der Waals surface area contributed by atoms with Crippen molar-refractivity contribution in [1.82, 2.24) is 29.9 Å². The Morgan fingerprint density at radius 3 is 1.11 bits per heavy atom. The average Bonchev–Trinajstić information content (AvgIpc) is 1.49. The number of aromatic nitrogens is 6. The third-order valence-corrected chi connectivity index (χ3v) is 20.4. The van der Waals surface area contributed by atoms with Crippen LogP contribution in [0.1, 0.15) is 44.5 Å². The van der Waals surface area contributed by atoms with E-state index in [0.29, 0.717) is 40.7 Å². The Kier molecular flexibility index (Phi) is 12.3. The topological polar surface area (TPSA) is 95.8 Å². The Labute approximate surface area is 565 Å². The predicted octanol–water partition coefficient (Wildman–Crippen LogP) is 21.5. The van der Waals surface area contributed by atoms with E-state index in [2.05, 4.69) is 279 Å². The van der Waals surface area contributed by atoms with Crippen molar-refractivity contribution >= 4 is 10.8 Å². The van der Waals surface area contributed by atoms with Gasteiger partial charge in [-0.05, 0) is 114 Å². The van der Waals surface area contributed by atoms with Gasteiger partial charge in [-0.3, -0.25) is 0 Å². The number of hydrogen-bond acceptors (Lipinski definition) is 8. The number of nitrogens with zero attached hydrogens (tertiary/aromatic N) is 6. The molecule has 0 saturated heterocycles. The van der Waals surface area contributed by atoms with Crippen LogP contribution in [-0.4, -0.2) is 29.9 Å². The zero-order valence-electron chi connectivity index (χ0n) is 52.7. The highest BCUT2D eigenvalue weighted by Gasteiger charge is 2.53. The molecule has 2 aliphatic carbocycles. The van der Waals surface area contributed by atoms with E-state index in [1.165, 1.54) is 27.8 Å². The maximum Gasteiger partial charge on any atom is 0.167 e. The highest BCUT2D eigenvalue weighted by molar-refractivity contribution is 5.97.